The van der Waals surface area contributed by atoms with Crippen LogP contribution in [0.3, 0.4) is 0 Å². The third-order valence-corrected chi connectivity index (χ3v) is 5.18. The number of ether oxygens (including phenoxy) is 4. The largest absolute Gasteiger partial charge is 0.493 e. The quantitative estimate of drug-likeness (QED) is 0.165. The topological polar surface area (TPSA) is 136 Å². The van der Waals surface area contributed by atoms with Crippen LogP contribution in [0.15, 0.2) is 66.7 Å². The van der Waals surface area contributed by atoms with Crippen molar-refractivity contribution in [3.8, 4) is 17.2 Å². The van der Waals surface area contributed by atoms with Gasteiger partial charge in [0, 0.05) is 22.9 Å². The Morgan fingerprint density at radius 3 is 2.23 bits per heavy atom. The van der Waals surface area contributed by atoms with Crippen LogP contribution in [-0.4, -0.2) is 44.3 Å². The number of anilines is 1. The molecule has 0 aliphatic heterocycles. The van der Waals surface area contributed by atoms with E-state index in [1.54, 1.807) is 36.4 Å². The molecule has 0 saturated carbocycles. The van der Waals surface area contributed by atoms with Gasteiger partial charge in [-0.05, 0) is 35.9 Å². The van der Waals surface area contributed by atoms with Crippen molar-refractivity contribution in [1.82, 2.24) is 0 Å². The summed E-state index contributed by atoms with van der Waals surface area (Å²) in [5.74, 6) is -0.0813. The van der Waals surface area contributed by atoms with E-state index in [1.165, 1.54) is 14.2 Å². The Labute approximate surface area is 203 Å². The lowest BCUT2D eigenvalue weighted by Gasteiger charge is -2.22. The van der Waals surface area contributed by atoms with Crippen molar-refractivity contribution in [2.24, 2.45) is 5.73 Å². The zero-order chi connectivity index (χ0) is 25.2. The molecule has 0 fully saturated rings. The SMILES string of the molecule is COc1cc(OCCOCc2ccccc2)c(C(Nc2ccc(C(=N)N)cc2)C(=O)O)cc1OC. The highest BCUT2D eigenvalue weighted by atomic mass is 16.5. The van der Waals surface area contributed by atoms with Gasteiger partial charge in [0.2, 0.25) is 0 Å². The third-order valence-electron chi connectivity index (χ3n) is 5.18. The number of rotatable bonds is 13. The van der Waals surface area contributed by atoms with E-state index in [0.717, 1.165) is 5.56 Å². The first kappa shape index (κ1) is 25.4. The second-order valence-corrected chi connectivity index (χ2v) is 7.54. The maximum atomic E-state index is 12.3. The molecule has 0 heterocycles. The van der Waals surface area contributed by atoms with Gasteiger partial charge in [-0.25, -0.2) is 4.79 Å². The van der Waals surface area contributed by atoms with E-state index >= 15 is 0 Å². The molecule has 0 aliphatic carbocycles. The predicted molar refractivity (Wildman–Crippen MR) is 133 cm³/mol. The van der Waals surface area contributed by atoms with E-state index in [9.17, 15) is 9.90 Å². The Kier molecular flexibility index (Phi) is 8.91. The van der Waals surface area contributed by atoms with Crippen molar-refractivity contribution >= 4 is 17.5 Å². The Hall–Kier alpha value is -4.24. The van der Waals surface area contributed by atoms with Crippen LogP contribution in [0.25, 0.3) is 0 Å². The number of hydrogen-bond donors (Lipinski definition) is 4. The van der Waals surface area contributed by atoms with Gasteiger partial charge < -0.3 is 35.1 Å². The maximum Gasteiger partial charge on any atom is 0.330 e. The summed E-state index contributed by atoms with van der Waals surface area (Å²) in [6.45, 7) is 0.952. The summed E-state index contributed by atoms with van der Waals surface area (Å²) >= 11 is 0. The molecule has 0 saturated heterocycles. The van der Waals surface area contributed by atoms with Crippen molar-refractivity contribution in [2.75, 3.05) is 32.8 Å². The summed E-state index contributed by atoms with van der Waals surface area (Å²) in [6.07, 6.45) is 0. The molecule has 9 heteroatoms. The molecule has 3 aromatic carbocycles. The number of nitrogens with two attached hydrogens (primary N) is 1. The first-order valence-electron chi connectivity index (χ1n) is 10.9. The molecule has 0 bridgehead atoms. The van der Waals surface area contributed by atoms with E-state index in [1.807, 2.05) is 30.3 Å². The fraction of sp³-hybridized carbons (Fsp3) is 0.231. The lowest BCUT2D eigenvalue weighted by Crippen LogP contribution is -2.22. The first-order valence-corrected chi connectivity index (χ1v) is 10.9. The normalized spacial score (nSPS) is 11.4. The van der Waals surface area contributed by atoms with Gasteiger partial charge in [-0.3, -0.25) is 5.41 Å². The van der Waals surface area contributed by atoms with E-state index in [2.05, 4.69) is 5.32 Å². The number of aliphatic carboxylic acids is 1. The van der Waals surface area contributed by atoms with E-state index in [-0.39, 0.29) is 12.4 Å². The van der Waals surface area contributed by atoms with Crippen molar-refractivity contribution in [1.29, 1.82) is 5.41 Å². The molecule has 0 amide bonds. The van der Waals surface area contributed by atoms with Gasteiger partial charge in [0.25, 0.3) is 0 Å². The van der Waals surface area contributed by atoms with E-state index in [0.29, 0.717) is 47.3 Å². The van der Waals surface area contributed by atoms with Gasteiger partial charge in [-0.2, -0.15) is 0 Å². The number of carboxylic acid groups (broad SMARTS) is 1. The Morgan fingerprint density at radius 2 is 1.63 bits per heavy atom. The summed E-state index contributed by atoms with van der Waals surface area (Å²) in [4.78, 5) is 12.3. The van der Waals surface area contributed by atoms with Gasteiger partial charge in [-0.15, -0.1) is 0 Å². The van der Waals surface area contributed by atoms with Gasteiger partial charge in [0.05, 0.1) is 27.4 Å². The Morgan fingerprint density at radius 1 is 0.971 bits per heavy atom. The first-order chi connectivity index (χ1) is 16.9. The van der Waals surface area contributed by atoms with Crippen LogP contribution in [0.5, 0.6) is 17.2 Å². The van der Waals surface area contributed by atoms with Crippen LogP contribution in [0, 0.1) is 5.41 Å². The number of carbonyl (C=O) groups is 1. The van der Waals surface area contributed by atoms with E-state index in [4.69, 9.17) is 30.1 Å². The number of amidine groups is 1. The molecular weight excluding hydrogens is 450 g/mol. The van der Waals surface area contributed by atoms with Crippen LogP contribution >= 0.6 is 0 Å². The minimum absolute atomic E-state index is 0.0728. The van der Waals surface area contributed by atoms with Crippen LogP contribution in [-0.2, 0) is 16.1 Å². The van der Waals surface area contributed by atoms with Crippen LogP contribution in [0.4, 0.5) is 5.69 Å². The third kappa shape index (κ3) is 6.87. The van der Waals surface area contributed by atoms with Crippen molar-refractivity contribution in [3.05, 3.63) is 83.4 Å². The van der Waals surface area contributed by atoms with Crippen molar-refractivity contribution in [2.45, 2.75) is 12.6 Å². The number of hydrogen-bond acceptors (Lipinski definition) is 7. The van der Waals surface area contributed by atoms with Crippen molar-refractivity contribution < 1.29 is 28.8 Å². The molecule has 5 N–H and O–H groups in total. The molecule has 0 radical (unpaired) electrons. The van der Waals surface area contributed by atoms with Crippen LogP contribution in [0.1, 0.15) is 22.7 Å². The number of methoxy groups -OCH3 is 2. The molecule has 1 unspecified atom stereocenters. The highest BCUT2D eigenvalue weighted by Gasteiger charge is 2.26. The molecule has 9 nitrogen and oxygen atoms in total. The lowest BCUT2D eigenvalue weighted by molar-refractivity contribution is -0.138. The molecular formula is C26H29N3O6. The van der Waals surface area contributed by atoms with Gasteiger partial charge >= 0.3 is 5.97 Å². The summed E-state index contributed by atoms with van der Waals surface area (Å²) in [5, 5.41) is 20.5. The molecule has 3 rings (SSSR count). The molecule has 3 aromatic rings. The average Bonchev–Trinajstić information content (AvgIpc) is 2.87. The summed E-state index contributed by atoms with van der Waals surface area (Å²) < 4.78 is 22.4. The zero-order valence-corrected chi connectivity index (χ0v) is 19.6. The number of carboxylic acids is 1. The minimum atomic E-state index is -1.15. The molecule has 35 heavy (non-hydrogen) atoms. The molecule has 0 aliphatic rings. The summed E-state index contributed by atoms with van der Waals surface area (Å²) in [7, 11) is 2.97. The second kappa shape index (κ2) is 12.3. The minimum Gasteiger partial charge on any atom is -0.493 e. The zero-order valence-electron chi connectivity index (χ0n) is 19.6. The maximum absolute atomic E-state index is 12.3. The highest BCUT2D eigenvalue weighted by molar-refractivity contribution is 5.95. The molecule has 0 spiro atoms. The van der Waals surface area contributed by atoms with Crippen LogP contribution < -0.4 is 25.3 Å². The number of nitrogen functional groups attached to an aromatic ring is 1. The molecule has 1 atom stereocenters. The Balaban J connectivity index is 1.79. The van der Waals surface area contributed by atoms with Gasteiger partial charge in [-0.1, -0.05) is 30.3 Å². The molecule has 184 valence electrons. The van der Waals surface area contributed by atoms with Gasteiger partial charge in [0.1, 0.15) is 18.2 Å². The summed E-state index contributed by atoms with van der Waals surface area (Å²) in [5.41, 5.74) is 7.97. The average molecular weight is 480 g/mol. The predicted octanol–water partition coefficient (Wildman–Crippen LogP) is 3.82. The smallest absolute Gasteiger partial charge is 0.330 e. The fourth-order valence-corrected chi connectivity index (χ4v) is 3.39. The van der Waals surface area contributed by atoms with Gasteiger partial charge in [0.15, 0.2) is 17.5 Å². The standard InChI is InChI=1S/C26H29N3O6/c1-32-22-14-20(24(26(30)31)29-19-10-8-18(9-11-19)25(27)28)21(15-23(22)33-2)35-13-12-34-16-17-6-4-3-5-7-17/h3-11,14-15,24,29H,12-13,16H2,1-2H3,(H3,27,28)(H,30,31). The second-order valence-electron chi connectivity index (χ2n) is 7.54. The van der Waals surface area contributed by atoms with E-state index < -0.39 is 12.0 Å². The fourth-order valence-electron chi connectivity index (χ4n) is 3.39. The lowest BCUT2D eigenvalue weighted by atomic mass is 10.0. The highest BCUT2D eigenvalue weighted by Crippen LogP contribution is 2.39. The molecule has 0 aromatic heterocycles. The Bertz CT molecular complexity index is 1140. The van der Waals surface area contributed by atoms with Crippen molar-refractivity contribution in [3.63, 3.8) is 0 Å². The van der Waals surface area contributed by atoms with Crippen LogP contribution in [0.2, 0.25) is 0 Å². The number of benzene rings is 3. The number of nitrogens with one attached hydrogen (secondary N) is 2. The summed E-state index contributed by atoms with van der Waals surface area (Å²) in [6, 6.07) is 18.4. The monoisotopic (exact) mass is 479 g/mol.